The SMILES string of the molecule is CC(Sc1nnc(Cc2c(F)cccc2Cl)o1)C(=O)c1ccc(F)cc1F. The molecule has 0 aliphatic heterocycles. The number of nitrogens with zero attached hydrogens (tertiary/aromatic N) is 2. The second-order valence-electron chi connectivity index (χ2n) is 5.59. The number of carbonyl (C=O) groups excluding carboxylic acids is 1. The van der Waals surface area contributed by atoms with Gasteiger partial charge in [-0.2, -0.15) is 0 Å². The minimum absolute atomic E-state index is 0.00597. The molecule has 0 aliphatic carbocycles. The first-order valence-corrected chi connectivity index (χ1v) is 9.02. The maximum absolute atomic E-state index is 13.8. The average Bonchev–Trinajstić information content (AvgIpc) is 3.05. The van der Waals surface area contributed by atoms with Crippen LogP contribution in [-0.4, -0.2) is 21.2 Å². The summed E-state index contributed by atoms with van der Waals surface area (Å²) >= 11 is 6.89. The van der Waals surface area contributed by atoms with E-state index in [9.17, 15) is 18.0 Å². The van der Waals surface area contributed by atoms with E-state index in [1.54, 1.807) is 6.07 Å². The van der Waals surface area contributed by atoms with Crippen LogP contribution in [0.1, 0.15) is 28.7 Å². The Morgan fingerprint density at radius 2 is 1.96 bits per heavy atom. The number of carbonyl (C=O) groups is 1. The monoisotopic (exact) mass is 412 g/mol. The fraction of sp³-hybridized carbons (Fsp3) is 0.167. The Kier molecular flexibility index (Phi) is 5.86. The van der Waals surface area contributed by atoms with Gasteiger partial charge in [0, 0.05) is 16.7 Å². The molecule has 1 atom stereocenters. The molecule has 4 nitrogen and oxygen atoms in total. The molecule has 27 heavy (non-hydrogen) atoms. The van der Waals surface area contributed by atoms with Crippen molar-refractivity contribution >= 4 is 29.1 Å². The van der Waals surface area contributed by atoms with Crippen molar-refractivity contribution in [3.8, 4) is 0 Å². The standard InChI is InChI=1S/C18H12ClF3N2O2S/c1-9(17(25)11-6-5-10(20)7-15(11)22)27-18-24-23-16(26-18)8-12-13(19)3-2-4-14(12)21/h2-7,9H,8H2,1H3. The molecule has 0 fully saturated rings. The van der Waals surface area contributed by atoms with Gasteiger partial charge in [0.2, 0.25) is 5.89 Å². The first-order valence-electron chi connectivity index (χ1n) is 7.76. The number of aromatic nitrogens is 2. The van der Waals surface area contributed by atoms with Crippen molar-refractivity contribution < 1.29 is 22.4 Å². The summed E-state index contributed by atoms with van der Waals surface area (Å²) < 4.78 is 46.0. The van der Waals surface area contributed by atoms with Crippen molar-refractivity contribution in [2.75, 3.05) is 0 Å². The molecule has 0 amide bonds. The number of thioether (sulfide) groups is 1. The summed E-state index contributed by atoms with van der Waals surface area (Å²) in [5.41, 5.74) is -0.00819. The first kappa shape index (κ1) is 19.4. The van der Waals surface area contributed by atoms with Crippen LogP contribution in [0.15, 0.2) is 46.0 Å². The number of benzene rings is 2. The van der Waals surface area contributed by atoms with Gasteiger partial charge in [-0.05, 0) is 31.2 Å². The summed E-state index contributed by atoms with van der Waals surface area (Å²) in [6.45, 7) is 1.54. The maximum Gasteiger partial charge on any atom is 0.277 e. The molecule has 9 heteroatoms. The average molecular weight is 413 g/mol. The third kappa shape index (κ3) is 4.51. The highest BCUT2D eigenvalue weighted by atomic mass is 35.5. The van der Waals surface area contributed by atoms with E-state index >= 15 is 0 Å². The van der Waals surface area contributed by atoms with Gasteiger partial charge in [-0.3, -0.25) is 4.79 Å². The Morgan fingerprint density at radius 1 is 1.19 bits per heavy atom. The lowest BCUT2D eigenvalue weighted by molar-refractivity contribution is 0.0989. The summed E-state index contributed by atoms with van der Waals surface area (Å²) in [6.07, 6.45) is -0.00597. The number of rotatable bonds is 6. The van der Waals surface area contributed by atoms with Crippen LogP contribution in [0.2, 0.25) is 5.02 Å². The number of Topliss-reactive ketones (excluding diaryl/α,β-unsaturated/α-hetero) is 1. The van der Waals surface area contributed by atoms with E-state index < -0.39 is 28.5 Å². The van der Waals surface area contributed by atoms with E-state index in [0.29, 0.717) is 6.07 Å². The molecule has 0 radical (unpaired) electrons. The lowest BCUT2D eigenvalue weighted by Crippen LogP contribution is -2.15. The van der Waals surface area contributed by atoms with Gasteiger partial charge in [0.25, 0.3) is 5.22 Å². The third-order valence-corrected chi connectivity index (χ3v) is 4.97. The van der Waals surface area contributed by atoms with Gasteiger partial charge in [-0.1, -0.05) is 29.4 Å². The molecule has 0 aliphatic rings. The highest BCUT2D eigenvalue weighted by Gasteiger charge is 2.23. The predicted octanol–water partition coefficient (Wildman–Crippen LogP) is 5.09. The van der Waals surface area contributed by atoms with Crippen molar-refractivity contribution in [3.63, 3.8) is 0 Å². The molecule has 3 aromatic rings. The Bertz CT molecular complexity index is 976. The molecule has 0 saturated carbocycles. The van der Waals surface area contributed by atoms with Gasteiger partial charge in [0.05, 0.1) is 17.2 Å². The summed E-state index contributed by atoms with van der Waals surface area (Å²) in [5.74, 6) is -2.62. The molecule has 0 saturated heterocycles. The summed E-state index contributed by atoms with van der Waals surface area (Å²) in [7, 11) is 0. The van der Waals surface area contributed by atoms with Gasteiger partial charge in [0.15, 0.2) is 5.78 Å². The molecule has 1 aromatic heterocycles. The highest BCUT2D eigenvalue weighted by molar-refractivity contribution is 8.00. The molecular weight excluding hydrogens is 401 g/mol. The van der Waals surface area contributed by atoms with Gasteiger partial charge in [0.1, 0.15) is 17.5 Å². The van der Waals surface area contributed by atoms with Gasteiger partial charge < -0.3 is 4.42 Å². The Morgan fingerprint density at radius 3 is 2.67 bits per heavy atom. The molecule has 0 spiro atoms. The van der Waals surface area contributed by atoms with Crippen LogP contribution in [0.4, 0.5) is 13.2 Å². The first-order chi connectivity index (χ1) is 12.8. The van der Waals surface area contributed by atoms with E-state index in [0.717, 1.165) is 23.9 Å². The van der Waals surface area contributed by atoms with E-state index in [2.05, 4.69) is 10.2 Å². The van der Waals surface area contributed by atoms with E-state index in [-0.39, 0.29) is 33.7 Å². The van der Waals surface area contributed by atoms with Gasteiger partial charge in [-0.15, -0.1) is 10.2 Å². The molecule has 2 aromatic carbocycles. The third-order valence-electron chi connectivity index (χ3n) is 3.68. The zero-order valence-corrected chi connectivity index (χ0v) is 15.5. The number of hydrogen-bond acceptors (Lipinski definition) is 5. The molecule has 1 unspecified atom stereocenters. The second kappa shape index (κ2) is 8.14. The molecule has 1 heterocycles. The van der Waals surface area contributed by atoms with Gasteiger partial charge >= 0.3 is 0 Å². The molecule has 0 bridgehead atoms. The summed E-state index contributed by atoms with van der Waals surface area (Å²) in [6, 6.07) is 7.04. The van der Waals surface area contributed by atoms with E-state index in [1.807, 2.05) is 0 Å². The lowest BCUT2D eigenvalue weighted by atomic mass is 10.1. The molecule has 0 N–H and O–H groups in total. The quantitative estimate of drug-likeness (QED) is 0.416. The topological polar surface area (TPSA) is 56.0 Å². The fourth-order valence-corrected chi connectivity index (χ4v) is 3.32. The van der Waals surface area contributed by atoms with E-state index in [1.165, 1.54) is 19.1 Å². The van der Waals surface area contributed by atoms with Crippen molar-refractivity contribution in [1.82, 2.24) is 10.2 Å². The second-order valence-corrected chi connectivity index (χ2v) is 7.29. The predicted molar refractivity (Wildman–Crippen MR) is 94.5 cm³/mol. The Balaban J connectivity index is 1.71. The van der Waals surface area contributed by atoms with Crippen LogP contribution < -0.4 is 0 Å². The number of halogens is 4. The zero-order valence-electron chi connectivity index (χ0n) is 13.9. The van der Waals surface area contributed by atoms with E-state index in [4.69, 9.17) is 16.0 Å². The minimum Gasteiger partial charge on any atom is -0.416 e. The summed E-state index contributed by atoms with van der Waals surface area (Å²) in [4.78, 5) is 12.3. The van der Waals surface area contributed by atoms with Crippen LogP contribution in [-0.2, 0) is 6.42 Å². The minimum atomic E-state index is -0.937. The maximum atomic E-state index is 13.8. The molecule has 140 valence electrons. The Hall–Kier alpha value is -2.32. The molecular formula is C18H12ClF3N2O2S. The number of hydrogen-bond donors (Lipinski definition) is 0. The van der Waals surface area contributed by atoms with Crippen LogP contribution in [0.25, 0.3) is 0 Å². The van der Waals surface area contributed by atoms with Crippen molar-refractivity contribution in [2.45, 2.75) is 23.8 Å². The summed E-state index contributed by atoms with van der Waals surface area (Å²) in [5, 5.41) is 7.16. The lowest BCUT2D eigenvalue weighted by Gasteiger charge is -2.08. The van der Waals surface area contributed by atoms with Gasteiger partial charge in [-0.25, -0.2) is 13.2 Å². The number of ketones is 1. The van der Waals surface area contributed by atoms with Crippen molar-refractivity contribution in [2.24, 2.45) is 0 Å². The van der Waals surface area contributed by atoms with Crippen molar-refractivity contribution in [3.05, 3.63) is 75.9 Å². The normalized spacial score (nSPS) is 12.2. The highest BCUT2D eigenvalue weighted by Crippen LogP contribution is 2.27. The largest absolute Gasteiger partial charge is 0.416 e. The van der Waals surface area contributed by atoms with Crippen LogP contribution in [0.5, 0.6) is 0 Å². The van der Waals surface area contributed by atoms with Crippen LogP contribution >= 0.6 is 23.4 Å². The van der Waals surface area contributed by atoms with Crippen LogP contribution in [0, 0.1) is 17.5 Å². The Labute approximate surface area is 161 Å². The fourth-order valence-electron chi connectivity index (χ4n) is 2.32. The molecule has 3 rings (SSSR count). The smallest absolute Gasteiger partial charge is 0.277 e. The van der Waals surface area contributed by atoms with Crippen LogP contribution in [0.3, 0.4) is 0 Å². The zero-order chi connectivity index (χ0) is 19.6. The van der Waals surface area contributed by atoms with Crippen molar-refractivity contribution in [1.29, 1.82) is 0 Å².